The summed E-state index contributed by atoms with van der Waals surface area (Å²) in [5.74, 6) is 1.82. The fourth-order valence-electron chi connectivity index (χ4n) is 2.87. The number of fused-ring (bicyclic) bond motifs is 1. The number of carbonyl (C=O) groups is 1. The second-order valence-electron chi connectivity index (χ2n) is 6.19. The molecule has 7 heteroatoms. The Kier molecular flexibility index (Phi) is 4.71. The number of hydrogen-bond acceptors (Lipinski definition) is 6. The van der Waals surface area contributed by atoms with Crippen LogP contribution in [0.4, 0.5) is 5.82 Å². The molecule has 3 heterocycles. The summed E-state index contributed by atoms with van der Waals surface area (Å²) in [5, 5.41) is 3.71. The van der Waals surface area contributed by atoms with Gasteiger partial charge in [0.15, 0.2) is 0 Å². The maximum Gasteiger partial charge on any atom is 0.255 e. The van der Waals surface area contributed by atoms with Gasteiger partial charge in [0.2, 0.25) is 5.71 Å². The summed E-state index contributed by atoms with van der Waals surface area (Å²) in [6.45, 7) is 10.4. The van der Waals surface area contributed by atoms with Crippen molar-refractivity contribution in [3.8, 4) is 0 Å². The molecule has 7 nitrogen and oxygen atoms in total. The lowest BCUT2D eigenvalue weighted by atomic mass is 10.1. The highest BCUT2D eigenvalue weighted by Crippen LogP contribution is 2.32. The zero-order chi connectivity index (χ0) is 17.3. The fraction of sp³-hybridized carbons (Fsp3) is 0.588. The number of morpholine rings is 1. The van der Waals surface area contributed by atoms with E-state index in [1.165, 1.54) is 0 Å². The van der Waals surface area contributed by atoms with E-state index in [9.17, 15) is 4.79 Å². The molecule has 0 bridgehead atoms. The largest absolute Gasteiger partial charge is 0.442 e. The van der Waals surface area contributed by atoms with Crippen molar-refractivity contribution in [2.75, 3.05) is 31.2 Å². The molecule has 2 aromatic heterocycles. The monoisotopic (exact) mass is 332 g/mol. The van der Waals surface area contributed by atoms with Crippen molar-refractivity contribution in [1.29, 1.82) is 0 Å². The molecule has 24 heavy (non-hydrogen) atoms. The highest BCUT2D eigenvalue weighted by Gasteiger charge is 2.27. The number of amides is 1. The Morgan fingerprint density at radius 2 is 2.00 bits per heavy atom. The summed E-state index contributed by atoms with van der Waals surface area (Å²) >= 11 is 0. The highest BCUT2D eigenvalue weighted by molar-refractivity contribution is 6.10. The van der Waals surface area contributed by atoms with Crippen LogP contribution in [-0.4, -0.2) is 48.2 Å². The number of nitrogens with one attached hydrogen (secondary N) is 1. The van der Waals surface area contributed by atoms with Gasteiger partial charge in [-0.3, -0.25) is 4.79 Å². The first-order valence-corrected chi connectivity index (χ1v) is 8.42. The standard InChI is InChI=1S/C17H24N4O3/c1-5-10(2)18-16(22)13-11(3)24-17-14(13)15(19-12(4)20-17)21-6-8-23-9-7-21/h10H,5-9H2,1-4H3,(H,18,22). The van der Waals surface area contributed by atoms with Crippen molar-refractivity contribution in [2.24, 2.45) is 0 Å². The van der Waals surface area contributed by atoms with Gasteiger partial charge < -0.3 is 19.4 Å². The summed E-state index contributed by atoms with van der Waals surface area (Å²) < 4.78 is 11.2. The van der Waals surface area contributed by atoms with Crippen LogP contribution >= 0.6 is 0 Å². The molecule has 130 valence electrons. The molecule has 0 aliphatic carbocycles. The fourth-order valence-corrected chi connectivity index (χ4v) is 2.87. The molecule has 2 aromatic rings. The minimum atomic E-state index is -0.137. The van der Waals surface area contributed by atoms with Gasteiger partial charge in [0.25, 0.3) is 5.91 Å². The number of hydrogen-bond donors (Lipinski definition) is 1. The topological polar surface area (TPSA) is 80.5 Å². The number of aryl methyl sites for hydroxylation is 2. The first-order valence-electron chi connectivity index (χ1n) is 8.42. The van der Waals surface area contributed by atoms with E-state index in [1.54, 1.807) is 6.92 Å². The van der Waals surface area contributed by atoms with Crippen molar-refractivity contribution in [2.45, 2.75) is 40.2 Å². The summed E-state index contributed by atoms with van der Waals surface area (Å²) in [6.07, 6.45) is 0.868. The zero-order valence-electron chi connectivity index (χ0n) is 14.7. The lowest BCUT2D eigenvalue weighted by Gasteiger charge is -2.28. The summed E-state index contributed by atoms with van der Waals surface area (Å²) in [7, 11) is 0. The van der Waals surface area contributed by atoms with Crippen LogP contribution in [0.1, 0.15) is 42.2 Å². The van der Waals surface area contributed by atoms with Crippen molar-refractivity contribution < 1.29 is 13.9 Å². The first-order chi connectivity index (χ1) is 11.5. The van der Waals surface area contributed by atoms with Gasteiger partial charge in [-0.2, -0.15) is 4.98 Å². The van der Waals surface area contributed by atoms with Crippen molar-refractivity contribution >= 4 is 22.8 Å². The van der Waals surface area contributed by atoms with Crippen LogP contribution in [0.5, 0.6) is 0 Å². The molecular formula is C17H24N4O3. The molecule has 1 amide bonds. The minimum absolute atomic E-state index is 0.0973. The molecule has 3 rings (SSSR count). The van der Waals surface area contributed by atoms with Crippen LogP contribution in [0.15, 0.2) is 4.42 Å². The van der Waals surface area contributed by atoms with Crippen molar-refractivity contribution in [3.05, 3.63) is 17.1 Å². The maximum atomic E-state index is 12.8. The Bertz CT molecular complexity index is 750. The van der Waals surface area contributed by atoms with Crippen molar-refractivity contribution in [1.82, 2.24) is 15.3 Å². The lowest BCUT2D eigenvalue weighted by molar-refractivity contribution is 0.0939. The Balaban J connectivity index is 2.11. The first kappa shape index (κ1) is 16.7. The summed E-state index contributed by atoms with van der Waals surface area (Å²) in [6, 6.07) is 0.0973. The number of aromatic nitrogens is 2. The third-order valence-electron chi connectivity index (χ3n) is 4.35. The molecule has 0 saturated carbocycles. The molecule has 1 aliphatic rings. The molecule has 1 atom stereocenters. The number of rotatable bonds is 4. The molecule has 1 fully saturated rings. The normalized spacial score (nSPS) is 16.4. The van der Waals surface area contributed by atoms with Gasteiger partial charge in [-0.15, -0.1) is 0 Å². The number of carbonyl (C=O) groups excluding carboxylic acids is 1. The van der Waals surface area contributed by atoms with Gasteiger partial charge in [-0.25, -0.2) is 4.98 Å². The Morgan fingerprint density at radius 3 is 2.67 bits per heavy atom. The average Bonchev–Trinajstić information content (AvgIpc) is 2.90. The third-order valence-corrected chi connectivity index (χ3v) is 4.35. The van der Waals surface area contributed by atoms with E-state index in [-0.39, 0.29) is 11.9 Å². The van der Waals surface area contributed by atoms with E-state index in [2.05, 4.69) is 20.2 Å². The SMILES string of the molecule is CCC(C)NC(=O)c1c(C)oc2nc(C)nc(N3CCOCC3)c12. The van der Waals surface area contributed by atoms with Crippen LogP contribution < -0.4 is 10.2 Å². The average molecular weight is 332 g/mol. The maximum absolute atomic E-state index is 12.8. The van der Waals surface area contributed by atoms with Gasteiger partial charge >= 0.3 is 0 Å². The third kappa shape index (κ3) is 3.08. The quantitative estimate of drug-likeness (QED) is 0.924. The van der Waals surface area contributed by atoms with Gasteiger partial charge in [0.1, 0.15) is 17.4 Å². The second-order valence-corrected chi connectivity index (χ2v) is 6.19. The second kappa shape index (κ2) is 6.76. The van der Waals surface area contributed by atoms with Crippen LogP contribution in [0.2, 0.25) is 0 Å². The van der Waals surface area contributed by atoms with Crippen LogP contribution in [0.25, 0.3) is 11.1 Å². The number of anilines is 1. The molecule has 1 saturated heterocycles. The Hall–Kier alpha value is -2.15. The van der Waals surface area contributed by atoms with Crippen LogP contribution in [-0.2, 0) is 4.74 Å². The van der Waals surface area contributed by atoms with E-state index < -0.39 is 0 Å². The van der Waals surface area contributed by atoms with Crippen molar-refractivity contribution in [3.63, 3.8) is 0 Å². The van der Waals surface area contributed by atoms with Crippen LogP contribution in [0, 0.1) is 13.8 Å². The zero-order valence-corrected chi connectivity index (χ0v) is 14.7. The molecule has 1 aliphatic heterocycles. The molecule has 0 aromatic carbocycles. The number of furan rings is 1. The van der Waals surface area contributed by atoms with E-state index in [0.29, 0.717) is 41.5 Å². The minimum Gasteiger partial charge on any atom is -0.442 e. The lowest BCUT2D eigenvalue weighted by Crippen LogP contribution is -2.37. The van der Waals surface area contributed by atoms with E-state index in [1.807, 2.05) is 20.8 Å². The van der Waals surface area contributed by atoms with Gasteiger partial charge in [-0.1, -0.05) is 6.92 Å². The summed E-state index contributed by atoms with van der Waals surface area (Å²) in [4.78, 5) is 23.9. The van der Waals surface area contributed by atoms with Crippen LogP contribution in [0.3, 0.4) is 0 Å². The molecular weight excluding hydrogens is 308 g/mol. The Morgan fingerprint density at radius 1 is 1.29 bits per heavy atom. The highest BCUT2D eigenvalue weighted by atomic mass is 16.5. The van der Waals surface area contributed by atoms with E-state index in [4.69, 9.17) is 9.15 Å². The number of ether oxygens (including phenoxy) is 1. The molecule has 1 unspecified atom stereocenters. The van der Waals surface area contributed by atoms with Gasteiger partial charge in [-0.05, 0) is 27.2 Å². The van der Waals surface area contributed by atoms with Gasteiger partial charge in [0.05, 0.1) is 24.2 Å². The van der Waals surface area contributed by atoms with Gasteiger partial charge in [0, 0.05) is 19.1 Å². The number of nitrogens with zero attached hydrogens (tertiary/aromatic N) is 3. The predicted octanol–water partition coefficient (Wildman–Crippen LogP) is 2.20. The predicted molar refractivity (Wildman–Crippen MR) is 91.5 cm³/mol. The molecule has 1 N–H and O–H groups in total. The molecule has 0 radical (unpaired) electrons. The van der Waals surface area contributed by atoms with E-state index >= 15 is 0 Å². The summed E-state index contributed by atoms with van der Waals surface area (Å²) in [5.41, 5.74) is 1.00. The Labute approximate surface area is 141 Å². The van der Waals surface area contributed by atoms with E-state index in [0.717, 1.165) is 25.3 Å². The molecule has 0 spiro atoms. The smallest absolute Gasteiger partial charge is 0.255 e.